The number of ether oxygens (including phenoxy) is 1. The highest BCUT2D eigenvalue weighted by molar-refractivity contribution is 5.72. The van der Waals surface area contributed by atoms with E-state index in [1.807, 2.05) is 0 Å². The van der Waals surface area contributed by atoms with Crippen LogP contribution in [0.1, 0.15) is 39.5 Å². The van der Waals surface area contributed by atoms with Crippen LogP contribution in [0.15, 0.2) is 0 Å². The molecule has 2 aliphatic rings. The molecular formula is C11H18O2. The Hall–Kier alpha value is -0.530. The van der Waals surface area contributed by atoms with Crippen LogP contribution in [-0.2, 0) is 9.53 Å². The van der Waals surface area contributed by atoms with Crippen LogP contribution in [0, 0.1) is 17.3 Å². The summed E-state index contributed by atoms with van der Waals surface area (Å²) < 4.78 is 5.13. The average Bonchev–Trinajstić information content (AvgIpc) is 2.57. The summed E-state index contributed by atoms with van der Waals surface area (Å²) in [5, 5.41) is 0. The van der Waals surface area contributed by atoms with Gasteiger partial charge in [0.25, 0.3) is 0 Å². The molecule has 0 aromatic heterocycles. The van der Waals surface area contributed by atoms with Crippen LogP contribution in [-0.4, -0.2) is 12.6 Å². The van der Waals surface area contributed by atoms with E-state index < -0.39 is 0 Å². The van der Waals surface area contributed by atoms with Crippen molar-refractivity contribution in [1.82, 2.24) is 0 Å². The van der Waals surface area contributed by atoms with Crippen molar-refractivity contribution in [2.75, 3.05) is 6.61 Å². The Balaban J connectivity index is 2.16. The molecule has 0 bridgehead atoms. The van der Waals surface area contributed by atoms with E-state index in [0.717, 1.165) is 5.92 Å². The first-order valence-electron chi connectivity index (χ1n) is 5.32. The van der Waals surface area contributed by atoms with E-state index in [9.17, 15) is 4.79 Å². The standard InChI is InChI=1S/C11H18O2/c1-3-9-4-8(2)5-11(9)6-10(12)13-7-11/h8-9H,3-7H2,1-2H3. The van der Waals surface area contributed by atoms with E-state index in [1.165, 1.54) is 19.3 Å². The van der Waals surface area contributed by atoms with Gasteiger partial charge in [-0.3, -0.25) is 4.79 Å². The predicted molar refractivity (Wildman–Crippen MR) is 50.2 cm³/mol. The number of cyclic esters (lactones) is 1. The minimum atomic E-state index is 0.0209. The maximum absolute atomic E-state index is 11.2. The molecule has 2 fully saturated rings. The molecule has 1 saturated heterocycles. The van der Waals surface area contributed by atoms with Crippen LogP contribution in [0.2, 0.25) is 0 Å². The topological polar surface area (TPSA) is 26.3 Å². The molecule has 0 radical (unpaired) electrons. The fourth-order valence-electron chi connectivity index (χ4n) is 3.29. The predicted octanol–water partition coefficient (Wildman–Crippen LogP) is 2.38. The van der Waals surface area contributed by atoms with Crippen LogP contribution in [0.25, 0.3) is 0 Å². The second-order valence-corrected chi connectivity index (χ2v) is 4.85. The number of hydrogen-bond acceptors (Lipinski definition) is 2. The third-order valence-corrected chi connectivity index (χ3v) is 3.82. The van der Waals surface area contributed by atoms with Crippen molar-refractivity contribution in [2.45, 2.75) is 39.5 Å². The molecule has 13 heavy (non-hydrogen) atoms. The SMILES string of the molecule is CCC1CC(C)CC12COC(=O)C2. The number of carbonyl (C=O) groups is 1. The summed E-state index contributed by atoms with van der Waals surface area (Å²) in [6, 6.07) is 0. The van der Waals surface area contributed by atoms with Crippen molar-refractivity contribution in [3.63, 3.8) is 0 Å². The van der Waals surface area contributed by atoms with Crippen molar-refractivity contribution in [3.05, 3.63) is 0 Å². The summed E-state index contributed by atoms with van der Waals surface area (Å²) in [5.74, 6) is 1.51. The summed E-state index contributed by atoms with van der Waals surface area (Å²) in [4.78, 5) is 11.2. The van der Waals surface area contributed by atoms with Gasteiger partial charge in [0.1, 0.15) is 0 Å². The third kappa shape index (κ3) is 1.36. The van der Waals surface area contributed by atoms with Gasteiger partial charge in [0.05, 0.1) is 13.0 Å². The Kier molecular flexibility index (Phi) is 2.09. The van der Waals surface area contributed by atoms with Gasteiger partial charge in [0, 0.05) is 5.41 Å². The van der Waals surface area contributed by atoms with Crippen molar-refractivity contribution >= 4 is 5.97 Å². The van der Waals surface area contributed by atoms with E-state index in [2.05, 4.69) is 13.8 Å². The molecule has 0 N–H and O–H groups in total. The Morgan fingerprint density at radius 2 is 2.38 bits per heavy atom. The van der Waals surface area contributed by atoms with E-state index in [1.54, 1.807) is 0 Å². The first-order valence-corrected chi connectivity index (χ1v) is 5.32. The minimum Gasteiger partial charge on any atom is -0.465 e. The molecular weight excluding hydrogens is 164 g/mol. The molecule has 3 atom stereocenters. The Morgan fingerprint density at radius 1 is 1.62 bits per heavy atom. The molecule has 1 aliphatic carbocycles. The highest BCUT2D eigenvalue weighted by atomic mass is 16.5. The summed E-state index contributed by atoms with van der Waals surface area (Å²) in [6.07, 6.45) is 4.35. The van der Waals surface area contributed by atoms with Crippen LogP contribution in [0.5, 0.6) is 0 Å². The molecule has 1 spiro atoms. The van der Waals surface area contributed by atoms with Gasteiger partial charge in [-0.05, 0) is 24.7 Å². The fourth-order valence-corrected chi connectivity index (χ4v) is 3.29. The van der Waals surface area contributed by atoms with Crippen LogP contribution in [0.3, 0.4) is 0 Å². The van der Waals surface area contributed by atoms with Gasteiger partial charge in [0.2, 0.25) is 0 Å². The van der Waals surface area contributed by atoms with Crippen molar-refractivity contribution < 1.29 is 9.53 Å². The first-order chi connectivity index (χ1) is 6.16. The molecule has 0 amide bonds. The molecule has 1 saturated carbocycles. The van der Waals surface area contributed by atoms with Crippen LogP contribution >= 0.6 is 0 Å². The van der Waals surface area contributed by atoms with E-state index >= 15 is 0 Å². The van der Waals surface area contributed by atoms with Gasteiger partial charge < -0.3 is 4.74 Å². The highest BCUT2D eigenvalue weighted by Gasteiger charge is 2.50. The molecule has 74 valence electrons. The molecule has 2 nitrogen and oxygen atoms in total. The van der Waals surface area contributed by atoms with Gasteiger partial charge in [-0.1, -0.05) is 20.3 Å². The Morgan fingerprint density at radius 3 is 2.92 bits per heavy atom. The van der Waals surface area contributed by atoms with E-state index in [4.69, 9.17) is 4.74 Å². The zero-order valence-corrected chi connectivity index (χ0v) is 8.51. The number of rotatable bonds is 1. The Bertz CT molecular complexity index is 224. The molecule has 2 heteroatoms. The van der Waals surface area contributed by atoms with Crippen LogP contribution < -0.4 is 0 Å². The zero-order valence-electron chi connectivity index (χ0n) is 8.51. The maximum Gasteiger partial charge on any atom is 0.306 e. The Labute approximate surface area is 79.7 Å². The lowest BCUT2D eigenvalue weighted by atomic mass is 9.76. The van der Waals surface area contributed by atoms with Gasteiger partial charge in [-0.2, -0.15) is 0 Å². The van der Waals surface area contributed by atoms with Gasteiger partial charge in [-0.15, -0.1) is 0 Å². The number of hydrogen-bond donors (Lipinski definition) is 0. The molecule has 0 aromatic rings. The highest BCUT2D eigenvalue weighted by Crippen LogP contribution is 2.52. The number of esters is 1. The largest absolute Gasteiger partial charge is 0.465 e. The van der Waals surface area contributed by atoms with Crippen LogP contribution in [0.4, 0.5) is 0 Å². The third-order valence-electron chi connectivity index (χ3n) is 3.82. The normalized spacial score (nSPS) is 44.3. The van der Waals surface area contributed by atoms with Crippen molar-refractivity contribution in [2.24, 2.45) is 17.3 Å². The summed E-state index contributed by atoms with van der Waals surface area (Å²) in [5.41, 5.74) is 0.227. The maximum atomic E-state index is 11.2. The van der Waals surface area contributed by atoms with Crippen molar-refractivity contribution in [3.8, 4) is 0 Å². The monoisotopic (exact) mass is 182 g/mol. The molecule has 2 rings (SSSR count). The molecule has 1 heterocycles. The summed E-state index contributed by atoms with van der Waals surface area (Å²) in [6.45, 7) is 5.21. The summed E-state index contributed by atoms with van der Waals surface area (Å²) in [7, 11) is 0. The van der Waals surface area contributed by atoms with Crippen molar-refractivity contribution in [1.29, 1.82) is 0 Å². The number of carbonyl (C=O) groups excluding carboxylic acids is 1. The van der Waals surface area contributed by atoms with E-state index in [-0.39, 0.29) is 11.4 Å². The lowest BCUT2D eigenvalue weighted by Crippen LogP contribution is -2.25. The molecule has 0 aromatic carbocycles. The lowest BCUT2D eigenvalue weighted by Gasteiger charge is -2.26. The zero-order chi connectivity index (χ0) is 9.47. The fraction of sp³-hybridized carbons (Fsp3) is 0.909. The first kappa shape index (κ1) is 9.04. The minimum absolute atomic E-state index is 0.0209. The molecule has 1 aliphatic heterocycles. The van der Waals surface area contributed by atoms with Gasteiger partial charge >= 0.3 is 5.97 Å². The average molecular weight is 182 g/mol. The van der Waals surface area contributed by atoms with E-state index in [0.29, 0.717) is 18.9 Å². The summed E-state index contributed by atoms with van der Waals surface area (Å²) >= 11 is 0. The van der Waals surface area contributed by atoms with Gasteiger partial charge in [0.15, 0.2) is 0 Å². The quantitative estimate of drug-likeness (QED) is 0.582. The second-order valence-electron chi connectivity index (χ2n) is 4.85. The smallest absolute Gasteiger partial charge is 0.306 e. The van der Waals surface area contributed by atoms with Gasteiger partial charge in [-0.25, -0.2) is 0 Å². The molecule has 3 unspecified atom stereocenters. The second kappa shape index (κ2) is 3.00. The lowest BCUT2D eigenvalue weighted by molar-refractivity contribution is -0.137.